The zero-order valence-corrected chi connectivity index (χ0v) is 11.2. The first-order valence-corrected chi connectivity index (χ1v) is 6.39. The normalized spacial score (nSPS) is 12.4. The molecule has 0 bridgehead atoms. The van der Waals surface area contributed by atoms with Crippen molar-refractivity contribution in [1.29, 1.82) is 0 Å². The standard InChI is InChI=1S/C14H22N2O2/c1-4-10(5-2)9(3)16-12-8-6-7-11(13(12)15)14(17)18/h6-10,16H,4-5,15H2,1-3H3,(H,17,18). The largest absolute Gasteiger partial charge is 0.478 e. The Hall–Kier alpha value is -1.71. The second-order valence-electron chi connectivity index (χ2n) is 4.58. The van der Waals surface area contributed by atoms with Gasteiger partial charge in [-0.2, -0.15) is 0 Å². The molecule has 1 rings (SSSR count). The molecule has 18 heavy (non-hydrogen) atoms. The summed E-state index contributed by atoms with van der Waals surface area (Å²) in [5.41, 5.74) is 7.03. The molecule has 0 aromatic heterocycles. The van der Waals surface area contributed by atoms with E-state index < -0.39 is 5.97 Å². The molecule has 4 N–H and O–H groups in total. The lowest BCUT2D eigenvalue weighted by Crippen LogP contribution is -2.25. The Morgan fingerprint density at radius 1 is 1.39 bits per heavy atom. The van der Waals surface area contributed by atoms with E-state index >= 15 is 0 Å². The number of nitrogen functional groups attached to an aromatic ring is 1. The van der Waals surface area contributed by atoms with Crippen LogP contribution in [-0.4, -0.2) is 17.1 Å². The van der Waals surface area contributed by atoms with E-state index in [4.69, 9.17) is 10.8 Å². The van der Waals surface area contributed by atoms with Gasteiger partial charge < -0.3 is 16.2 Å². The molecular weight excluding hydrogens is 228 g/mol. The van der Waals surface area contributed by atoms with E-state index in [-0.39, 0.29) is 11.6 Å². The number of carbonyl (C=O) groups is 1. The molecule has 0 fully saturated rings. The molecule has 4 nitrogen and oxygen atoms in total. The van der Waals surface area contributed by atoms with E-state index in [2.05, 4.69) is 26.1 Å². The van der Waals surface area contributed by atoms with E-state index in [1.54, 1.807) is 6.07 Å². The molecule has 100 valence electrons. The fourth-order valence-electron chi connectivity index (χ4n) is 2.24. The molecule has 0 aliphatic carbocycles. The average molecular weight is 250 g/mol. The van der Waals surface area contributed by atoms with Crippen molar-refractivity contribution >= 4 is 17.3 Å². The van der Waals surface area contributed by atoms with Crippen LogP contribution in [0.3, 0.4) is 0 Å². The van der Waals surface area contributed by atoms with Crippen molar-refractivity contribution in [2.45, 2.75) is 39.7 Å². The van der Waals surface area contributed by atoms with Crippen LogP contribution in [0.5, 0.6) is 0 Å². The van der Waals surface area contributed by atoms with E-state index in [0.29, 0.717) is 17.3 Å². The number of nitrogens with two attached hydrogens (primary N) is 1. The monoisotopic (exact) mass is 250 g/mol. The van der Waals surface area contributed by atoms with Crippen molar-refractivity contribution in [2.75, 3.05) is 11.1 Å². The number of para-hydroxylation sites is 1. The number of anilines is 2. The number of rotatable bonds is 6. The quantitative estimate of drug-likeness (QED) is 0.678. The number of hydrogen-bond acceptors (Lipinski definition) is 3. The highest BCUT2D eigenvalue weighted by Crippen LogP contribution is 2.25. The van der Waals surface area contributed by atoms with Gasteiger partial charge in [-0.15, -0.1) is 0 Å². The third-order valence-corrected chi connectivity index (χ3v) is 3.48. The molecule has 0 aliphatic heterocycles. The van der Waals surface area contributed by atoms with Crippen molar-refractivity contribution in [3.63, 3.8) is 0 Å². The Morgan fingerprint density at radius 2 is 2.00 bits per heavy atom. The van der Waals surface area contributed by atoms with Gasteiger partial charge in [0.05, 0.1) is 16.9 Å². The number of aromatic carboxylic acids is 1. The van der Waals surface area contributed by atoms with Crippen LogP contribution < -0.4 is 11.1 Å². The Morgan fingerprint density at radius 3 is 2.50 bits per heavy atom. The van der Waals surface area contributed by atoms with Gasteiger partial charge >= 0.3 is 5.97 Å². The van der Waals surface area contributed by atoms with Gasteiger partial charge in [0.2, 0.25) is 0 Å². The maximum absolute atomic E-state index is 11.0. The highest BCUT2D eigenvalue weighted by molar-refractivity contribution is 5.97. The lowest BCUT2D eigenvalue weighted by atomic mass is 9.95. The lowest BCUT2D eigenvalue weighted by Gasteiger charge is -2.24. The summed E-state index contributed by atoms with van der Waals surface area (Å²) >= 11 is 0. The van der Waals surface area contributed by atoms with Gasteiger partial charge in [0.25, 0.3) is 0 Å². The van der Waals surface area contributed by atoms with Gasteiger partial charge in [-0.1, -0.05) is 32.8 Å². The number of nitrogens with one attached hydrogen (secondary N) is 1. The van der Waals surface area contributed by atoms with Crippen LogP contribution in [0.4, 0.5) is 11.4 Å². The molecule has 0 aliphatic rings. The Balaban J connectivity index is 2.91. The predicted molar refractivity (Wildman–Crippen MR) is 75.0 cm³/mol. The van der Waals surface area contributed by atoms with Crippen LogP contribution in [0.1, 0.15) is 44.0 Å². The van der Waals surface area contributed by atoms with Gasteiger partial charge in [-0.3, -0.25) is 0 Å². The van der Waals surface area contributed by atoms with Crippen LogP contribution in [-0.2, 0) is 0 Å². The van der Waals surface area contributed by atoms with E-state index in [1.165, 1.54) is 6.07 Å². The van der Waals surface area contributed by atoms with Gasteiger partial charge in [-0.25, -0.2) is 4.79 Å². The molecule has 0 saturated carbocycles. The molecule has 0 heterocycles. The van der Waals surface area contributed by atoms with Crippen molar-refractivity contribution in [3.8, 4) is 0 Å². The minimum Gasteiger partial charge on any atom is -0.478 e. The van der Waals surface area contributed by atoms with Crippen LogP contribution in [0.15, 0.2) is 18.2 Å². The molecule has 0 spiro atoms. The van der Waals surface area contributed by atoms with Crippen LogP contribution >= 0.6 is 0 Å². The van der Waals surface area contributed by atoms with Crippen molar-refractivity contribution in [1.82, 2.24) is 0 Å². The molecule has 0 saturated heterocycles. The van der Waals surface area contributed by atoms with Crippen LogP contribution in [0.2, 0.25) is 0 Å². The zero-order chi connectivity index (χ0) is 13.7. The molecule has 1 aromatic rings. The van der Waals surface area contributed by atoms with Crippen LogP contribution in [0, 0.1) is 5.92 Å². The van der Waals surface area contributed by atoms with Crippen molar-refractivity contribution < 1.29 is 9.90 Å². The van der Waals surface area contributed by atoms with E-state index in [1.807, 2.05) is 6.07 Å². The van der Waals surface area contributed by atoms with Gasteiger partial charge in [-0.05, 0) is 25.0 Å². The fraction of sp³-hybridized carbons (Fsp3) is 0.500. The number of carboxylic acid groups (broad SMARTS) is 1. The summed E-state index contributed by atoms with van der Waals surface area (Å²) in [5.74, 6) is -0.441. The van der Waals surface area contributed by atoms with Gasteiger partial charge in [0.15, 0.2) is 0 Å². The summed E-state index contributed by atoms with van der Waals surface area (Å²) in [7, 11) is 0. The minimum absolute atomic E-state index is 0.150. The van der Waals surface area contributed by atoms with Gasteiger partial charge in [0, 0.05) is 6.04 Å². The number of hydrogen-bond donors (Lipinski definition) is 3. The summed E-state index contributed by atoms with van der Waals surface area (Å²) in [5, 5.41) is 12.3. The summed E-state index contributed by atoms with van der Waals surface area (Å²) < 4.78 is 0. The third kappa shape index (κ3) is 3.15. The maximum Gasteiger partial charge on any atom is 0.337 e. The topological polar surface area (TPSA) is 75.3 Å². The van der Waals surface area contributed by atoms with E-state index in [0.717, 1.165) is 12.8 Å². The molecular formula is C14H22N2O2. The summed E-state index contributed by atoms with van der Waals surface area (Å²) in [4.78, 5) is 11.0. The molecule has 1 aromatic carbocycles. The predicted octanol–water partition coefficient (Wildman–Crippen LogP) is 3.20. The lowest BCUT2D eigenvalue weighted by molar-refractivity contribution is 0.0698. The Kier molecular flexibility index (Phi) is 5.01. The van der Waals surface area contributed by atoms with E-state index in [9.17, 15) is 4.79 Å². The van der Waals surface area contributed by atoms with Gasteiger partial charge in [0.1, 0.15) is 0 Å². The molecule has 0 radical (unpaired) electrons. The number of benzene rings is 1. The first kappa shape index (κ1) is 14.4. The van der Waals surface area contributed by atoms with Crippen molar-refractivity contribution in [2.24, 2.45) is 5.92 Å². The second kappa shape index (κ2) is 6.28. The summed E-state index contributed by atoms with van der Waals surface area (Å²) in [6.45, 7) is 6.41. The van der Waals surface area contributed by atoms with Crippen molar-refractivity contribution in [3.05, 3.63) is 23.8 Å². The second-order valence-corrected chi connectivity index (χ2v) is 4.58. The Labute approximate surface area is 108 Å². The smallest absolute Gasteiger partial charge is 0.337 e. The molecule has 1 unspecified atom stereocenters. The summed E-state index contributed by atoms with van der Waals surface area (Å²) in [6.07, 6.45) is 2.17. The third-order valence-electron chi connectivity index (χ3n) is 3.48. The fourth-order valence-corrected chi connectivity index (χ4v) is 2.24. The first-order chi connectivity index (χ1) is 8.51. The first-order valence-electron chi connectivity index (χ1n) is 6.39. The maximum atomic E-state index is 11.0. The number of carboxylic acids is 1. The SMILES string of the molecule is CCC(CC)C(C)Nc1cccc(C(=O)O)c1N. The highest BCUT2D eigenvalue weighted by Gasteiger charge is 2.16. The zero-order valence-electron chi connectivity index (χ0n) is 11.2. The minimum atomic E-state index is -0.994. The molecule has 1 atom stereocenters. The van der Waals surface area contributed by atoms with Crippen LogP contribution in [0.25, 0.3) is 0 Å². The average Bonchev–Trinajstić information content (AvgIpc) is 2.33. The molecule has 4 heteroatoms. The summed E-state index contributed by atoms with van der Waals surface area (Å²) in [6, 6.07) is 5.32. The highest BCUT2D eigenvalue weighted by atomic mass is 16.4. The molecule has 0 amide bonds. The Bertz CT molecular complexity index is 414.